The van der Waals surface area contributed by atoms with E-state index in [1.807, 2.05) is 0 Å². The van der Waals surface area contributed by atoms with Crippen molar-refractivity contribution in [1.82, 2.24) is 4.57 Å². The van der Waals surface area contributed by atoms with Gasteiger partial charge in [-0.25, -0.2) is 8.42 Å². The highest BCUT2D eigenvalue weighted by Crippen LogP contribution is 2.30. The van der Waals surface area contributed by atoms with E-state index in [1.165, 1.54) is 12.1 Å². The molecule has 0 radical (unpaired) electrons. The average molecular weight is 374 g/mol. The smallest absolute Gasteiger partial charge is 0.368 e. The summed E-state index contributed by atoms with van der Waals surface area (Å²) in [7, 11) is -4.37. The van der Waals surface area contributed by atoms with Crippen molar-refractivity contribution in [1.29, 1.82) is 0 Å². The van der Waals surface area contributed by atoms with Gasteiger partial charge >= 0.3 is 6.18 Å². The highest BCUT2D eigenvalue weighted by Gasteiger charge is 2.34. The standard InChI is InChI=1S/C15H13F3N2O4S/c16-15(17,18)11-6-12(14(22)20(7-11)8-13(19)21)25(23,24)9-10-4-2-1-3-5-10/h1-7H,8-9H2,(H2,19,21). The number of hydrogen-bond acceptors (Lipinski definition) is 4. The number of hydrogen-bond donors (Lipinski definition) is 1. The lowest BCUT2D eigenvalue weighted by Gasteiger charge is -2.13. The van der Waals surface area contributed by atoms with Crippen molar-refractivity contribution >= 4 is 15.7 Å². The highest BCUT2D eigenvalue weighted by atomic mass is 32.2. The molecule has 0 spiro atoms. The van der Waals surface area contributed by atoms with Crippen LogP contribution in [0.3, 0.4) is 0 Å². The summed E-state index contributed by atoms with van der Waals surface area (Å²) in [5.41, 5.74) is 2.62. The largest absolute Gasteiger partial charge is 0.417 e. The van der Waals surface area contributed by atoms with Crippen LogP contribution in [0.2, 0.25) is 0 Å². The lowest BCUT2D eigenvalue weighted by molar-refractivity contribution is -0.138. The van der Waals surface area contributed by atoms with Crippen molar-refractivity contribution in [3.05, 3.63) is 64.1 Å². The minimum atomic E-state index is -4.90. The number of sulfone groups is 1. The monoisotopic (exact) mass is 374 g/mol. The highest BCUT2D eigenvalue weighted by molar-refractivity contribution is 7.90. The number of carbonyl (C=O) groups excluding carboxylic acids is 1. The van der Waals surface area contributed by atoms with Crippen LogP contribution in [0, 0.1) is 0 Å². The Hall–Kier alpha value is -2.62. The molecule has 6 nitrogen and oxygen atoms in total. The summed E-state index contributed by atoms with van der Waals surface area (Å²) in [5.74, 6) is -1.73. The molecule has 1 aromatic carbocycles. The number of pyridine rings is 1. The Bertz CT molecular complexity index is 951. The molecule has 0 aliphatic heterocycles. The zero-order chi connectivity index (χ0) is 18.8. The molecular formula is C15H13F3N2O4S. The third-order valence-corrected chi connectivity index (χ3v) is 4.92. The van der Waals surface area contributed by atoms with Gasteiger partial charge in [0, 0.05) is 6.20 Å². The van der Waals surface area contributed by atoms with Gasteiger partial charge in [0.2, 0.25) is 5.91 Å². The summed E-state index contributed by atoms with van der Waals surface area (Å²) in [6.07, 6.45) is -4.53. The van der Waals surface area contributed by atoms with E-state index in [1.54, 1.807) is 18.2 Å². The first-order valence-electron chi connectivity index (χ1n) is 6.87. The molecule has 0 atom stereocenters. The molecule has 0 aliphatic rings. The number of rotatable bonds is 5. The maximum absolute atomic E-state index is 13.0. The molecule has 2 aromatic rings. The van der Waals surface area contributed by atoms with Gasteiger partial charge in [-0.3, -0.25) is 9.59 Å². The Morgan fingerprint density at radius 1 is 1.16 bits per heavy atom. The van der Waals surface area contributed by atoms with Gasteiger partial charge in [-0.2, -0.15) is 13.2 Å². The number of primary amides is 1. The van der Waals surface area contributed by atoms with Gasteiger partial charge in [0.15, 0.2) is 9.84 Å². The van der Waals surface area contributed by atoms with Crippen molar-refractivity contribution < 1.29 is 26.4 Å². The second-order valence-corrected chi connectivity index (χ2v) is 7.19. The van der Waals surface area contributed by atoms with Crippen molar-refractivity contribution in [3.63, 3.8) is 0 Å². The van der Waals surface area contributed by atoms with Crippen LogP contribution in [0.1, 0.15) is 11.1 Å². The lowest BCUT2D eigenvalue weighted by Crippen LogP contribution is -2.32. The topological polar surface area (TPSA) is 99.2 Å². The molecule has 0 aliphatic carbocycles. The fourth-order valence-electron chi connectivity index (χ4n) is 2.14. The molecule has 1 amide bonds. The van der Waals surface area contributed by atoms with E-state index in [9.17, 15) is 31.2 Å². The van der Waals surface area contributed by atoms with E-state index in [0.717, 1.165) is 0 Å². The third-order valence-electron chi connectivity index (χ3n) is 3.24. The fourth-order valence-corrected chi connectivity index (χ4v) is 3.62. The van der Waals surface area contributed by atoms with Gasteiger partial charge in [-0.1, -0.05) is 30.3 Å². The lowest BCUT2D eigenvalue weighted by atomic mass is 10.2. The number of aromatic nitrogens is 1. The molecule has 25 heavy (non-hydrogen) atoms. The predicted molar refractivity (Wildman–Crippen MR) is 82.2 cm³/mol. The third kappa shape index (κ3) is 4.47. The Labute approximate surface area is 140 Å². The van der Waals surface area contributed by atoms with Crippen LogP contribution in [0.4, 0.5) is 13.2 Å². The first-order valence-corrected chi connectivity index (χ1v) is 8.52. The van der Waals surface area contributed by atoms with Crippen LogP contribution in [0.15, 0.2) is 52.3 Å². The van der Waals surface area contributed by atoms with Crippen LogP contribution < -0.4 is 11.3 Å². The maximum Gasteiger partial charge on any atom is 0.417 e. The molecule has 1 aromatic heterocycles. The number of halogens is 3. The summed E-state index contributed by atoms with van der Waals surface area (Å²) in [6.45, 7) is -0.864. The fraction of sp³-hybridized carbons (Fsp3) is 0.200. The number of carbonyl (C=O) groups is 1. The van der Waals surface area contributed by atoms with Crippen LogP contribution in [0.25, 0.3) is 0 Å². The van der Waals surface area contributed by atoms with Crippen LogP contribution in [-0.4, -0.2) is 18.9 Å². The molecule has 1 heterocycles. The van der Waals surface area contributed by atoms with E-state index in [-0.39, 0.29) is 6.07 Å². The molecule has 0 saturated carbocycles. The first kappa shape index (κ1) is 18.7. The molecule has 2 N–H and O–H groups in total. The second-order valence-electron chi connectivity index (χ2n) is 5.23. The van der Waals surface area contributed by atoms with Crippen molar-refractivity contribution in [2.75, 3.05) is 0 Å². The summed E-state index contributed by atoms with van der Waals surface area (Å²) >= 11 is 0. The number of benzene rings is 1. The first-order chi connectivity index (χ1) is 11.5. The molecule has 134 valence electrons. The molecule has 0 bridgehead atoms. The van der Waals surface area contributed by atoms with Gasteiger partial charge in [0.25, 0.3) is 5.56 Å². The molecule has 0 saturated heterocycles. The number of alkyl halides is 3. The quantitative estimate of drug-likeness (QED) is 0.853. The van der Waals surface area contributed by atoms with Gasteiger partial charge in [0.1, 0.15) is 11.4 Å². The Balaban J connectivity index is 2.62. The average Bonchev–Trinajstić information content (AvgIpc) is 2.48. The second kappa shape index (κ2) is 6.71. The van der Waals surface area contributed by atoms with E-state index < -0.39 is 50.2 Å². The van der Waals surface area contributed by atoms with E-state index in [0.29, 0.717) is 16.3 Å². The molecule has 0 unspecified atom stereocenters. The number of nitrogens with two attached hydrogens (primary N) is 1. The predicted octanol–water partition coefficient (Wildman–Crippen LogP) is 1.33. The van der Waals surface area contributed by atoms with E-state index in [4.69, 9.17) is 5.73 Å². The molecule has 2 rings (SSSR count). The maximum atomic E-state index is 13.0. The van der Waals surface area contributed by atoms with E-state index in [2.05, 4.69) is 0 Å². The minimum absolute atomic E-state index is 0.276. The van der Waals surface area contributed by atoms with Crippen molar-refractivity contribution in [2.45, 2.75) is 23.4 Å². The number of nitrogens with zero attached hydrogens (tertiary/aromatic N) is 1. The SMILES string of the molecule is NC(=O)Cn1cc(C(F)(F)F)cc(S(=O)(=O)Cc2ccccc2)c1=O. The van der Waals surface area contributed by atoms with Crippen molar-refractivity contribution in [2.24, 2.45) is 5.73 Å². The van der Waals surface area contributed by atoms with Gasteiger partial charge in [-0.05, 0) is 11.6 Å². The zero-order valence-electron chi connectivity index (χ0n) is 12.7. The summed E-state index contributed by atoms with van der Waals surface area (Å²) in [6, 6.07) is 7.96. The zero-order valence-corrected chi connectivity index (χ0v) is 13.5. The van der Waals surface area contributed by atoms with Crippen LogP contribution in [-0.2, 0) is 33.1 Å². The Morgan fingerprint density at radius 3 is 2.28 bits per heavy atom. The van der Waals surface area contributed by atoms with Crippen LogP contribution in [0.5, 0.6) is 0 Å². The number of amides is 1. The van der Waals surface area contributed by atoms with Crippen LogP contribution >= 0.6 is 0 Å². The molecular weight excluding hydrogens is 361 g/mol. The Morgan fingerprint density at radius 2 is 1.76 bits per heavy atom. The molecule has 10 heteroatoms. The Kier molecular flexibility index (Phi) is 5.02. The van der Waals surface area contributed by atoms with Crippen molar-refractivity contribution in [3.8, 4) is 0 Å². The van der Waals surface area contributed by atoms with E-state index >= 15 is 0 Å². The van der Waals surface area contributed by atoms with Gasteiger partial charge in [-0.15, -0.1) is 0 Å². The van der Waals surface area contributed by atoms with Gasteiger partial charge in [0.05, 0.1) is 11.3 Å². The summed E-state index contributed by atoms with van der Waals surface area (Å²) in [4.78, 5) is 22.2. The molecule has 0 fully saturated rings. The van der Waals surface area contributed by atoms with Gasteiger partial charge < -0.3 is 10.3 Å². The normalized spacial score (nSPS) is 12.1. The summed E-state index contributed by atoms with van der Waals surface area (Å²) in [5, 5.41) is 0. The minimum Gasteiger partial charge on any atom is -0.368 e. The summed E-state index contributed by atoms with van der Waals surface area (Å²) < 4.78 is 64.3.